The predicted molar refractivity (Wildman–Crippen MR) is 178 cm³/mol. The summed E-state index contributed by atoms with van der Waals surface area (Å²) >= 11 is 0. The average Bonchev–Trinajstić information content (AvgIpc) is 2.98. The number of aliphatic carboxylic acids is 1. The Morgan fingerprint density at radius 3 is 1.14 bits per heavy atom. The lowest BCUT2D eigenvalue weighted by molar-refractivity contribution is -0.158. The van der Waals surface area contributed by atoms with E-state index < -0.39 is 24.1 Å². The Hall–Kier alpha value is -0.940. The summed E-state index contributed by atoms with van der Waals surface area (Å²) in [6.07, 6.45) is 32.1. The van der Waals surface area contributed by atoms with E-state index in [0.717, 1.165) is 32.1 Å². The molecule has 0 aliphatic carbocycles. The molecule has 5 heteroatoms. The fourth-order valence-corrected chi connectivity index (χ4v) is 6.30. The topological polar surface area (TPSA) is 94.8 Å². The SMILES string of the molecule is CCCCCCCCCCCCCCCCC(CC(O)CO)(C(=O)O)C(=O)CCCCCCCCCCCCCCC. The van der Waals surface area contributed by atoms with Crippen LogP contribution >= 0.6 is 0 Å². The molecule has 0 aromatic carbocycles. The van der Waals surface area contributed by atoms with Crippen molar-refractivity contribution in [1.82, 2.24) is 0 Å². The summed E-state index contributed by atoms with van der Waals surface area (Å²) in [6.45, 7) is 3.99. The van der Waals surface area contributed by atoms with E-state index in [1.54, 1.807) is 0 Å². The smallest absolute Gasteiger partial charge is 0.317 e. The van der Waals surface area contributed by atoms with Gasteiger partial charge in [-0.3, -0.25) is 9.59 Å². The number of ketones is 1. The van der Waals surface area contributed by atoms with E-state index in [2.05, 4.69) is 13.8 Å². The van der Waals surface area contributed by atoms with Crippen molar-refractivity contribution < 1.29 is 24.9 Å². The van der Waals surface area contributed by atoms with Crippen molar-refractivity contribution in [2.45, 2.75) is 213 Å². The molecule has 0 rings (SSSR count). The maximum Gasteiger partial charge on any atom is 0.317 e. The zero-order chi connectivity index (χ0) is 31.2. The van der Waals surface area contributed by atoms with E-state index in [1.165, 1.54) is 128 Å². The molecule has 0 saturated heterocycles. The number of hydrogen-bond acceptors (Lipinski definition) is 4. The van der Waals surface area contributed by atoms with Crippen molar-refractivity contribution in [1.29, 1.82) is 0 Å². The van der Waals surface area contributed by atoms with Gasteiger partial charge in [-0.05, 0) is 19.3 Å². The Labute approximate surface area is 261 Å². The van der Waals surface area contributed by atoms with Crippen LogP contribution in [0, 0.1) is 5.41 Å². The number of carbonyl (C=O) groups excluding carboxylic acids is 1. The van der Waals surface area contributed by atoms with Crippen LogP contribution < -0.4 is 0 Å². The molecule has 0 aliphatic heterocycles. The van der Waals surface area contributed by atoms with Gasteiger partial charge in [0.2, 0.25) is 0 Å². The number of carboxylic acid groups (broad SMARTS) is 1. The molecule has 3 N–H and O–H groups in total. The Morgan fingerprint density at radius 1 is 0.524 bits per heavy atom. The maximum absolute atomic E-state index is 13.3. The van der Waals surface area contributed by atoms with Gasteiger partial charge in [0, 0.05) is 6.42 Å². The first-order chi connectivity index (χ1) is 20.4. The fourth-order valence-electron chi connectivity index (χ4n) is 6.30. The molecule has 5 nitrogen and oxygen atoms in total. The average molecular weight is 597 g/mol. The standard InChI is InChI=1S/C37H72O5/c1-3-5-7-9-11-13-15-17-19-21-23-25-27-29-31-37(36(41)42,32-34(39)33-38)35(40)30-28-26-24-22-20-18-16-14-12-10-8-6-4-2/h34,38-39H,3-33H2,1-2H3,(H,41,42). The second-order valence-corrected chi connectivity index (χ2v) is 13.2. The second-order valence-electron chi connectivity index (χ2n) is 13.2. The van der Waals surface area contributed by atoms with E-state index >= 15 is 0 Å². The minimum absolute atomic E-state index is 0.186. The third-order valence-corrected chi connectivity index (χ3v) is 9.20. The third kappa shape index (κ3) is 22.6. The number of unbranched alkanes of at least 4 members (excludes halogenated alkanes) is 25. The van der Waals surface area contributed by atoms with Crippen LogP contribution in [0.15, 0.2) is 0 Å². The number of aliphatic hydroxyl groups excluding tert-OH is 2. The molecule has 0 saturated carbocycles. The lowest BCUT2D eigenvalue weighted by Gasteiger charge is -2.30. The summed E-state index contributed by atoms with van der Waals surface area (Å²) in [5.74, 6) is -1.40. The minimum atomic E-state index is -1.57. The predicted octanol–water partition coefficient (Wildman–Crippen LogP) is 10.7. The summed E-state index contributed by atoms with van der Waals surface area (Å²) in [5.41, 5.74) is -1.57. The Bertz CT molecular complexity index is 607. The van der Waals surface area contributed by atoms with Crippen molar-refractivity contribution in [3.05, 3.63) is 0 Å². The van der Waals surface area contributed by atoms with Gasteiger partial charge < -0.3 is 15.3 Å². The van der Waals surface area contributed by atoms with Gasteiger partial charge in [0.1, 0.15) is 11.2 Å². The fraction of sp³-hybridized carbons (Fsp3) is 0.946. The van der Waals surface area contributed by atoms with Crippen molar-refractivity contribution in [3.8, 4) is 0 Å². The van der Waals surface area contributed by atoms with Crippen molar-refractivity contribution in [3.63, 3.8) is 0 Å². The summed E-state index contributed by atoms with van der Waals surface area (Å²) in [5, 5.41) is 29.7. The van der Waals surface area contributed by atoms with Crippen LogP contribution in [0.25, 0.3) is 0 Å². The number of Topliss-reactive ketones (excluding diaryl/α,β-unsaturated/α-hetero) is 1. The Kier molecular flexibility index (Phi) is 29.4. The van der Waals surface area contributed by atoms with E-state index in [0.29, 0.717) is 12.8 Å². The highest BCUT2D eigenvalue weighted by molar-refractivity contribution is 6.03. The Balaban J connectivity index is 4.21. The van der Waals surface area contributed by atoms with Gasteiger partial charge in [0.05, 0.1) is 12.7 Å². The number of carbonyl (C=O) groups is 2. The zero-order valence-corrected chi connectivity index (χ0v) is 28.2. The third-order valence-electron chi connectivity index (χ3n) is 9.20. The minimum Gasteiger partial charge on any atom is -0.480 e. The first kappa shape index (κ1) is 41.1. The summed E-state index contributed by atoms with van der Waals surface area (Å²) in [7, 11) is 0. The molecule has 0 aromatic rings. The van der Waals surface area contributed by atoms with E-state index in [-0.39, 0.29) is 25.0 Å². The lowest BCUT2D eigenvalue weighted by Crippen LogP contribution is -2.43. The molecular formula is C37H72O5. The molecule has 2 unspecified atom stereocenters. The highest BCUT2D eigenvalue weighted by Crippen LogP contribution is 2.35. The lowest BCUT2D eigenvalue weighted by atomic mass is 9.72. The maximum atomic E-state index is 13.3. The molecule has 42 heavy (non-hydrogen) atoms. The summed E-state index contributed by atoms with van der Waals surface area (Å²) < 4.78 is 0. The van der Waals surface area contributed by atoms with Gasteiger partial charge in [-0.15, -0.1) is 0 Å². The van der Waals surface area contributed by atoms with Gasteiger partial charge >= 0.3 is 5.97 Å². The molecule has 0 aliphatic rings. The highest BCUT2D eigenvalue weighted by atomic mass is 16.4. The highest BCUT2D eigenvalue weighted by Gasteiger charge is 2.45. The molecule has 0 amide bonds. The van der Waals surface area contributed by atoms with E-state index in [9.17, 15) is 24.9 Å². The van der Waals surface area contributed by atoms with Gasteiger partial charge in [0.15, 0.2) is 0 Å². The van der Waals surface area contributed by atoms with Gasteiger partial charge in [-0.2, -0.15) is 0 Å². The molecule has 0 spiro atoms. The van der Waals surface area contributed by atoms with Crippen molar-refractivity contribution >= 4 is 11.8 Å². The monoisotopic (exact) mass is 597 g/mol. The number of aliphatic hydroxyl groups is 2. The van der Waals surface area contributed by atoms with Gasteiger partial charge in [-0.25, -0.2) is 0 Å². The van der Waals surface area contributed by atoms with Crippen LogP contribution in [0.3, 0.4) is 0 Å². The van der Waals surface area contributed by atoms with Crippen LogP contribution in [0.4, 0.5) is 0 Å². The zero-order valence-electron chi connectivity index (χ0n) is 28.2. The van der Waals surface area contributed by atoms with Crippen LogP contribution in [0.2, 0.25) is 0 Å². The largest absolute Gasteiger partial charge is 0.480 e. The van der Waals surface area contributed by atoms with Gasteiger partial charge in [-0.1, -0.05) is 181 Å². The van der Waals surface area contributed by atoms with Crippen molar-refractivity contribution in [2.24, 2.45) is 5.41 Å². The quantitative estimate of drug-likeness (QED) is 0.0507. The molecule has 0 radical (unpaired) electrons. The number of rotatable bonds is 34. The molecule has 0 aromatic heterocycles. The normalized spacial score (nSPS) is 13.7. The van der Waals surface area contributed by atoms with Crippen molar-refractivity contribution in [2.75, 3.05) is 6.61 Å². The molecule has 2 atom stereocenters. The van der Waals surface area contributed by atoms with Gasteiger partial charge in [0.25, 0.3) is 0 Å². The summed E-state index contributed by atoms with van der Waals surface area (Å²) in [6, 6.07) is 0. The molecular weight excluding hydrogens is 524 g/mol. The van der Waals surface area contributed by atoms with Crippen LogP contribution in [0.5, 0.6) is 0 Å². The van der Waals surface area contributed by atoms with E-state index in [4.69, 9.17) is 0 Å². The molecule has 0 fully saturated rings. The van der Waals surface area contributed by atoms with E-state index in [1.807, 2.05) is 0 Å². The second kappa shape index (κ2) is 30.1. The first-order valence-electron chi connectivity index (χ1n) is 18.5. The van der Waals surface area contributed by atoms with Crippen LogP contribution in [0.1, 0.15) is 206 Å². The Morgan fingerprint density at radius 2 is 0.833 bits per heavy atom. The van der Waals surface area contributed by atoms with Crippen LogP contribution in [-0.4, -0.2) is 39.8 Å². The van der Waals surface area contributed by atoms with Crippen LogP contribution in [-0.2, 0) is 9.59 Å². The molecule has 0 bridgehead atoms. The molecule has 250 valence electrons. The summed E-state index contributed by atoms with van der Waals surface area (Å²) in [4.78, 5) is 25.7. The number of hydrogen-bond donors (Lipinski definition) is 3. The number of carboxylic acids is 1. The molecule has 0 heterocycles. The first-order valence-corrected chi connectivity index (χ1v) is 18.5.